The van der Waals surface area contributed by atoms with E-state index in [1.807, 2.05) is 0 Å². The van der Waals surface area contributed by atoms with Crippen LogP contribution >= 0.6 is 0 Å². The third-order valence-corrected chi connectivity index (χ3v) is 6.44. The fourth-order valence-corrected chi connectivity index (χ4v) is 4.63. The van der Waals surface area contributed by atoms with Crippen LogP contribution in [0.2, 0.25) is 0 Å². The second kappa shape index (κ2) is 6.34. The van der Waals surface area contributed by atoms with Crippen molar-refractivity contribution in [3.63, 3.8) is 0 Å². The summed E-state index contributed by atoms with van der Waals surface area (Å²) < 4.78 is 5.45. The van der Waals surface area contributed by atoms with Crippen molar-refractivity contribution < 1.29 is 9.64 Å². The molecule has 1 fully saturated rings. The van der Waals surface area contributed by atoms with Gasteiger partial charge in [0.1, 0.15) is 12.3 Å². The number of ether oxygens (including phenoxy) is 1. The van der Waals surface area contributed by atoms with Crippen LogP contribution in [0.25, 0.3) is 6.08 Å². The molecule has 2 heteroatoms. The first-order valence-electron chi connectivity index (χ1n) is 9.38. The number of methoxy groups -OCH3 is 1. The van der Waals surface area contributed by atoms with Crippen LogP contribution in [0.5, 0.6) is 5.75 Å². The topological polar surface area (TPSA) is 13.7 Å². The maximum Gasteiger partial charge on any atom is 0.122 e. The first-order valence-corrected chi connectivity index (χ1v) is 9.38. The van der Waals surface area contributed by atoms with Gasteiger partial charge in [-0.05, 0) is 48.2 Å². The average molecular weight is 334 g/mol. The summed E-state index contributed by atoms with van der Waals surface area (Å²) in [4.78, 5) is 1.70. The van der Waals surface area contributed by atoms with Crippen molar-refractivity contribution in [2.75, 3.05) is 20.2 Å². The molecule has 0 amide bonds. The first kappa shape index (κ1) is 16.4. The van der Waals surface area contributed by atoms with Gasteiger partial charge in [-0.15, -0.1) is 0 Å². The van der Waals surface area contributed by atoms with Gasteiger partial charge in [-0.25, -0.2) is 0 Å². The zero-order chi connectivity index (χ0) is 17.4. The predicted molar refractivity (Wildman–Crippen MR) is 103 cm³/mol. The van der Waals surface area contributed by atoms with E-state index in [1.54, 1.807) is 17.6 Å². The third-order valence-electron chi connectivity index (χ3n) is 6.44. The number of nitrogens with one attached hydrogen (secondary N) is 1. The summed E-state index contributed by atoms with van der Waals surface area (Å²) in [7, 11) is 1.75. The van der Waals surface area contributed by atoms with Gasteiger partial charge in [0, 0.05) is 23.8 Å². The van der Waals surface area contributed by atoms with E-state index in [4.69, 9.17) is 4.74 Å². The third kappa shape index (κ3) is 2.79. The molecular formula is C23H28NO+. The molecule has 0 unspecified atom stereocenters. The quantitative estimate of drug-likeness (QED) is 0.908. The van der Waals surface area contributed by atoms with Crippen LogP contribution in [0.1, 0.15) is 40.7 Å². The van der Waals surface area contributed by atoms with Crippen molar-refractivity contribution >= 4 is 6.08 Å². The highest BCUT2D eigenvalue weighted by Gasteiger charge is 2.39. The fraction of sp³-hybridized carbons (Fsp3) is 0.391. The molecule has 0 atom stereocenters. The zero-order valence-electron chi connectivity index (χ0n) is 15.6. The lowest BCUT2D eigenvalue weighted by Gasteiger charge is -2.37. The molecule has 1 saturated heterocycles. The summed E-state index contributed by atoms with van der Waals surface area (Å²) in [5, 5.41) is 0. The van der Waals surface area contributed by atoms with Crippen LogP contribution in [0.15, 0.2) is 42.5 Å². The molecular weight excluding hydrogens is 306 g/mol. The van der Waals surface area contributed by atoms with Crippen LogP contribution < -0.4 is 9.64 Å². The Morgan fingerprint density at radius 1 is 1.00 bits per heavy atom. The lowest BCUT2D eigenvalue weighted by molar-refractivity contribution is -0.919. The van der Waals surface area contributed by atoms with E-state index in [1.165, 1.54) is 48.2 Å². The van der Waals surface area contributed by atoms with Crippen LogP contribution in [-0.4, -0.2) is 20.2 Å². The zero-order valence-corrected chi connectivity index (χ0v) is 15.6. The van der Waals surface area contributed by atoms with Crippen LogP contribution in [0, 0.1) is 13.8 Å². The van der Waals surface area contributed by atoms with Crippen LogP contribution in [0.4, 0.5) is 0 Å². The number of hydrogen-bond acceptors (Lipinski definition) is 1. The van der Waals surface area contributed by atoms with Gasteiger partial charge in [-0.2, -0.15) is 0 Å². The van der Waals surface area contributed by atoms with E-state index in [0.717, 1.165) is 12.3 Å². The highest BCUT2D eigenvalue weighted by Crippen LogP contribution is 2.41. The summed E-state index contributed by atoms with van der Waals surface area (Å²) in [5.74, 6) is 1.00. The second-order valence-corrected chi connectivity index (χ2v) is 7.68. The number of allylic oxidation sites excluding steroid dienone is 1. The standard InChI is InChI=1S/C23H27NO/c1-17-18(2)22(25-3)9-8-20(17)16-24-14-12-23(13-15-24)11-10-19-6-4-5-7-21(19)23/h4-11H,12-16H2,1-3H3/p+1. The molecule has 1 heterocycles. The van der Waals surface area contributed by atoms with Crippen molar-refractivity contribution in [1.29, 1.82) is 0 Å². The number of hydrogen-bond donors (Lipinski definition) is 1. The molecule has 0 bridgehead atoms. The van der Waals surface area contributed by atoms with E-state index in [2.05, 4.69) is 62.4 Å². The van der Waals surface area contributed by atoms with E-state index >= 15 is 0 Å². The minimum atomic E-state index is 0.297. The minimum Gasteiger partial charge on any atom is -0.496 e. The van der Waals surface area contributed by atoms with Gasteiger partial charge < -0.3 is 9.64 Å². The first-order chi connectivity index (χ1) is 12.1. The predicted octanol–water partition coefficient (Wildman–Crippen LogP) is 3.46. The molecule has 25 heavy (non-hydrogen) atoms. The highest BCUT2D eigenvalue weighted by molar-refractivity contribution is 5.65. The Hall–Kier alpha value is -2.06. The summed E-state index contributed by atoms with van der Waals surface area (Å²) in [6.45, 7) is 8.00. The van der Waals surface area contributed by atoms with E-state index in [-0.39, 0.29) is 0 Å². The van der Waals surface area contributed by atoms with Gasteiger partial charge in [0.05, 0.1) is 20.2 Å². The number of quaternary nitrogens is 1. The molecule has 2 nitrogen and oxygen atoms in total. The number of rotatable bonds is 3. The lowest BCUT2D eigenvalue weighted by Crippen LogP contribution is -3.12. The van der Waals surface area contributed by atoms with Crippen LogP contribution in [-0.2, 0) is 12.0 Å². The number of fused-ring (bicyclic) bond motifs is 2. The molecule has 1 aliphatic carbocycles. The normalized spacial score (nSPS) is 24.5. The second-order valence-electron chi connectivity index (χ2n) is 7.68. The molecule has 2 aromatic rings. The van der Waals surface area contributed by atoms with E-state index in [9.17, 15) is 0 Å². The van der Waals surface area contributed by atoms with E-state index in [0.29, 0.717) is 5.41 Å². The van der Waals surface area contributed by atoms with Gasteiger partial charge in [0.2, 0.25) is 0 Å². The Balaban J connectivity index is 1.47. The SMILES string of the molecule is COc1ccc(C[NH+]2CCC3(C=Cc4ccccc43)CC2)c(C)c1C. The van der Waals surface area contributed by atoms with Crippen LogP contribution in [0.3, 0.4) is 0 Å². The Labute approximate surface area is 151 Å². The maximum absolute atomic E-state index is 5.45. The van der Waals surface area contributed by atoms with Gasteiger partial charge in [-0.1, -0.05) is 36.4 Å². The molecule has 1 spiro atoms. The molecule has 4 rings (SSSR count). The van der Waals surface area contributed by atoms with Crippen molar-refractivity contribution in [3.8, 4) is 5.75 Å². The smallest absolute Gasteiger partial charge is 0.122 e. The summed E-state index contributed by atoms with van der Waals surface area (Å²) in [6.07, 6.45) is 7.31. The van der Waals surface area contributed by atoms with Gasteiger partial charge in [-0.3, -0.25) is 0 Å². The molecule has 2 aromatic carbocycles. The van der Waals surface area contributed by atoms with E-state index < -0.39 is 0 Å². The fourth-order valence-electron chi connectivity index (χ4n) is 4.63. The van der Waals surface area contributed by atoms with Crippen molar-refractivity contribution in [1.82, 2.24) is 0 Å². The molecule has 1 aliphatic heterocycles. The van der Waals surface area contributed by atoms with Gasteiger partial charge in [0.25, 0.3) is 0 Å². The maximum atomic E-state index is 5.45. The summed E-state index contributed by atoms with van der Waals surface area (Å²) >= 11 is 0. The average Bonchev–Trinajstić information content (AvgIpc) is 3.00. The van der Waals surface area contributed by atoms with Crippen molar-refractivity contribution in [3.05, 3.63) is 70.3 Å². The molecule has 2 aliphatic rings. The Kier molecular flexibility index (Phi) is 4.16. The summed E-state index contributed by atoms with van der Waals surface area (Å²) in [5.41, 5.74) is 7.40. The number of piperidine rings is 1. The molecule has 130 valence electrons. The largest absolute Gasteiger partial charge is 0.496 e. The molecule has 0 aromatic heterocycles. The molecule has 1 N–H and O–H groups in total. The Morgan fingerprint density at radius 3 is 2.52 bits per heavy atom. The van der Waals surface area contributed by atoms with Gasteiger partial charge in [0.15, 0.2) is 0 Å². The minimum absolute atomic E-state index is 0.297. The van der Waals surface area contributed by atoms with Gasteiger partial charge >= 0.3 is 0 Å². The Morgan fingerprint density at radius 2 is 1.76 bits per heavy atom. The highest BCUT2D eigenvalue weighted by atomic mass is 16.5. The molecule has 0 radical (unpaired) electrons. The Bertz CT molecular complexity index is 813. The van der Waals surface area contributed by atoms with Crippen molar-refractivity contribution in [2.24, 2.45) is 0 Å². The monoisotopic (exact) mass is 334 g/mol. The number of benzene rings is 2. The number of likely N-dealkylation sites (tertiary alicyclic amines) is 1. The van der Waals surface area contributed by atoms with Crippen molar-refractivity contribution in [2.45, 2.75) is 38.6 Å². The summed E-state index contributed by atoms with van der Waals surface area (Å²) in [6, 6.07) is 13.3. The molecule has 0 saturated carbocycles. The lowest BCUT2D eigenvalue weighted by atomic mass is 9.74.